The summed E-state index contributed by atoms with van der Waals surface area (Å²) in [6.45, 7) is 3.18. The van der Waals surface area contributed by atoms with E-state index in [0.717, 1.165) is 24.8 Å². The molecule has 9 heteroatoms. The quantitative estimate of drug-likeness (QED) is 0.315. The lowest BCUT2D eigenvalue weighted by molar-refractivity contribution is -0.135. The zero-order chi connectivity index (χ0) is 22.2. The van der Waals surface area contributed by atoms with Crippen LogP contribution in [-0.4, -0.2) is 73.0 Å². The molecule has 7 nitrogen and oxygen atoms in total. The normalized spacial score (nSPS) is 18.1. The number of benzene rings is 1. The van der Waals surface area contributed by atoms with Crippen LogP contribution in [0.15, 0.2) is 23.1 Å². The average Bonchev–Trinajstić information content (AvgIpc) is 3.06. The minimum absolute atomic E-state index is 0.0748. The number of rotatable bonds is 9. The van der Waals surface area contributed by atoms with E-state index in [1.807, 2.05) is 29.2 Å². The van der Waals surface area contributed by atoms with E-state index < -0.39 is 0 Å². The van der Waals surface area contributed by atoms with Crippen molar-refractivity contribution >= 4 is 46.2 Å². The minimum atomic E-state index is -0.0748. The third-order valence-electron chi connectivity index (χ3n) is 5.22. The summed E-state index contributed by atoms with van der Waals surface area (Å²) < 4.78 is 16.4. The summed E-state index contributed by atoms with van der Waals surface area (Å²) in [5.74, 6) is 1.36. The van der Waals surface area contributed by atoms with Crippen LogP contribution in [0.25, 0.3) is 6.08 Å². The fourth-order valence-electron chi connectivity index (χ4n) is 3.48. The molecule has 2 fully saturated rings. The van der Waals surface area contributed by atoms with Gasteiger partial charge in [-0.3, -0.25) is 14.5 Å². The van der Waals surface area contributed by atoms with E-state index in [2.05, 4.69) is 0 Å². The molecular weight excluding hydrogens is 436 g/mol. The van der Waals surface area contributed by atoms with Crippen molar-refractivity contribution in [2.45, 2.75) is 25.7 Å². The van der Waals surface area contributed by atoms with E-state index in [9.17, 15) is 9.59 Å². The summed E-state index contributed by atoms with van der Waals surface area (Å²) in [5, 5.41) is 0. The summed E-state index contributed by atoms with van der Waals surface area (Å²) in [6.07, 6.45) is 4.86. The van der Waals surface area contributed by atoms with E-state index in [1.54, 1.807) is 19.1 Å². The lowest BCUT2D eigenvalue weighted by Crippen LogP contribution is -2.40. The molecule has 2 heterocycles. The van der Waals surface area contributed by atoms with Gasteiger partial charge in [0.05, 0.1) is 32.3 Å². The molecular formula is C22H28N2O5S2. The molecule has 1 aromatic carbocycles. The second-order valence-corrected chi connectivity index (χ2v) is 8.93. The van der Waals surface area contributed by atoms with Crippen molar-refractivity contribution in [1.82, 2.24) is 9.80 Å². The second-order valence-electron chi connectivity index (χ2n) is 7.25. The number of amides is 2. The fraction of sp³-hybridized carbons (Fsp3) is 0.500. The maximum atomic E-state index is 12.8. The van der Waals surface area contributed by atoms with Crippen molar-refractivity contribution in [3.05, 3.63) is 28.7 Å². The van der Waals surface area contributed by atoms with Crippen LogP contribution >= 0.6 is 24.0 Å². The fourth-order valence-corrected chi connectivity index (χ4v) is 4.79. The first kappa shape index (κ1) is 23.6. The molecule has 2 aliphatic heterocycles. The number of unbranched alkanes of at least 4 members (excludes halogenated alkanes) is 2. The Morgan fingerprint density at radius 2 is 1.90 bits per heavy atom. The van der Waals surface area contributed by atoms with Gasteiger partial charge < -0.3 is 19.1 Å². The molecule has 0 aromatic heterocycles. The number of hydrogen-bond acceptors (Lipinski definition) is 7. The van der Waals surface area contributed by atoms with E-state index in [4.69, 9.17) is 26.4 Å². The molecule has 0 bridgehead atoms. The van der Waals surface area contributed by atoms with Crippen LogP contribution in [0, 0.1) is 0 Å². The lowest BCUT2D eigenvalue weighted by atomic mass is 10.1. The number of thioether (sulfide) groups is 1. The van der Waals surface area contributed by atoms with Crippen molar-refractivity contribution in [2.24, 2.45) is 0 Å². The van der Waals surface area contributed by atoms with E-state index in [-0.39, 0.29) is 11.8 Å². The largest absolute Gasteiger partial charge is 0.493 e. The average molecular weight is 465 g/mol. The van der Waals surface area contributed by atoms with Crippen molar-refractivity contribution in [3.8, 4) is 11.5 Å². The highest BCUT2D eigenvalue weighted by atomic mass is 32.2. The summed E-state index contributed by atoms with van der Waals surface area (Å²) in [4.78, 5) is 29.1. The maximum Gasteiger partial charge on any atom is 0.266 e. The highest BCUT2D eigenvalue weighted by Gasteiger charge is 2.31. The highest BCUT2D eigenvalue weighted by Crippen LogP contribution is 2.34. The lowest BCUT2D eigenvalue weighted by Gasteiger charge is -2.26. The topological polar surface area (TPSA) is 68.3 Å². The molecule has 1 aromatic rings. The van der Waals surface area contributed by atoms with Crippen LogP contribution in [0.1, 0.15) is 31.2 Å². The van der Waals surface area contributed by atoms with Gasteiger partial charge in [0, 0.05) is 26.1 Å². The number of hydrogen-bond donors (Lipinski definition) is 0. The molecule has 0 spiro atoms. The van der Waals surface area contributed by atoms with Gasteiger partial charge in [0.25, 0.3) is 5.91 Å². The molecule has 3 rings (SSSR count). The third-order valence-corrected chi connectivity index (χ3v) is 6.59. The van der Waals surface area contributed by atoms with Crippen molar-refractivity contribution in [3.63, 3.8) is 0 Å². The Bertz CT molecular complexity index is 852. The molecule has 2 saturated heterocycles. The molecule has 0 aliphatic carbocycles. The number of nitrogens with zero attached hydrogens (tertiary/aromatic N) is 2. The van der Waals surface area contributed by atoms with Gasteiger partial charge in [0.1, 0.15) is 4.32 Å². The summed E-state index contributed by atoms with van der Waals surface area (Å²) in [5.41, 5.74) is 0.847. The van der Waals surface area contributed by atoms with E-state index >= 15 is 0 Å². The zero-order valence-corrected chi connectivity index (χ0v) is 19.6. The van der Waals surface area contributed by atoms with Gasteiger partial charge in [-0.05, 0) is 36.6 Å². The van der Waals surface area contributed by atoms with Crippen molar-refractivity contribution in [2.75, 3.05) is 47.1 Å². The van der Waals surface area contributed by atoms with Crippen LogP contribution < -0.4 is 9.47 Å². The van der Waals surface area contributed by atoms with Crippen LogP contribution in [0.4, 0.5) is 0 Å². The second kappa shape index (κ2) is 11.5. The first-order chi connectivity index (χ1) is 15.0. The Balaban J connectivity index is 1.47. The Morgan fingerprint density at radius 3 is 2.61 bits per heavy atom. The van der Waals surface area contributed by atoms with Gasteiger partial charge in [-0.25, -0.2) is 0 Å². The SMILES string of the molecule is COc1ccc(C=C2SC(=S)N(CCCCCC(=O)N3CCOCC3)C2=O)cc1OC. The van der Waals surface area contributed by atoms with Crippen molar-refractivity contribution in [1.29, 1.82) is 0 Å². The monoisotopic (exact) mass is 464 g/mol. The van der Waals surface area contributed by atoms with E-state index in [1.165, 1.54) is 11.8 Å². The zero-order valence-electron chi connectivity index (χ0n) is 17.9. The molecule has 0 atom stereocenters. The molecule has 0 N–H and O–H groups in total. The number of methoxy groups -OCH3 is 2. The molecule has 2 aliphatic rings. The number of carbonyl (C=O) groups is 2. The highest BCUT2D eigenvalue weighted by molar-refractivity contribution is 8.26. The molecule has 0 unspecified atom stereocenters. The summed E-state index contributed by atoms with van der Waals surface area (Å²) in [7, 11) is 3.16. The number of carbonyl (C=O) groups excluding carboxylic acids is 2. The van der Waals surface area contributed by atoms with Crippen LogP contribution in [0.3, 0.4) is 0 Å². The summed E-state index contributed by atoms with van der Waals surface area (Å²) >= 11 is 6.73. The van der Waals surface area contributed by atoms with Gasteiger partial charge in [-0.15, -0.1) is 0 Å². The van der Waals surface area contributed by atoms with Crippen LogP contribution in [0.5, 0.6) is 11.5 Å². The summed E-state index contributed by atoms with van der Waals surface area (Å²) in [6, 6.07) is 5.51. The maximum absolute atomic E-state index is 12.8. The predicted octanol–water partition coefficient (Wildman–Crippen LogP) is 3.32. The first-order valence-corrected chi connectivity index (χ1v) is 11.6. The molecule has 168 valence electrons. The van der Waals surface area contributed by atoms with Gasteiger partial charge in [0.15, 0.2) is 11.5 Å². The molecule has 2 amide bonds. The Labute approximate surface area is 192 Å². The number of morpholine rings is 1. The minimum Gasteiger partial charge on any atom is -0.493 e. The predicted molar refractivity (Wildman–Crippen MR) is 125 cm³/mol. The number of thiocarbonyl (C=S) groups is 1. The van der Waals surface area contributed by atoms with Crippen molar-refractivity contribution < 1.29 is 23.8 Å². The Hall–Kier alpha value is -2.10. The Morgan fingerprint density at radius 1 is 1.16 bits per heavy atom. The Kier molecular flexibility index (Phi) is 8.74. The number of ether oxygens (including phenoxy) is 3. The van der Waals surface area contributed by atoms with Gasteiger partial charge in [0.2, 0.25) is 5.91 Å². The molecule has 0 saturated carbocycles. The first-order valence-electron chi connectivity index (χ1n) is 10.4. The van der Waals surface area contributed by atoms with E-state index in [0.29, 0.717) is 60.0 Å². The van der Waals surface area contributed by atoms with Crippen LogP contribution in [-0.2, 0) is 14.3 Å². The van der Waals surface area contributed by atoms with Gasteiger partial charge in [-0.2, -0.15) is 0 Å². The van der Waals surface area contributed by atoms with Gasteiger partial charge in [-0.1, -0.05) is 36.5 Å². The standard InChI is InChI=1S/C22H28N2O5S2/c1-27-17-8-7-16(14-18(17)28-2)15-19-21(26)24(22(30)31-19)9-5-3-4-6-20(25)23-10-12-29-13-11-23/h7-8,14-15H,3-6,9-13H2,1-2H3. The molecule has 31 heavy (non-hydrogen) atoms. The van der Waals surface area contributed by atoms with Crippen LogP contribution in [0.2, 0.25) is 0 Å². The van der Waals surface area contributed by atoms with Gasteiger partial charge >= 0.3 is 0 Å². The third kappa shape index (κ3) is 6.21. The molecule has 0 radical (unpaired) electrons. The smallest absolute Gasteiger partial charge is 0.266 e.